The van der Waals surface area contributed by atoms with Gasteiger partial charge in [0.2, 0.25) is 0 Å². The topological polar surface area (TPSA) is 94.6 Å². The van der Waals surface area contributed by atoms with Gasteiger partial charge in [0.15, 0.2) is 5.82 Å². The van der Waals surface area contributed by atoms with Crippen LogP contribution in [0.4, 0.5) is 5.82 Å². The second kappa shape index (κ2) is 8.79. The van der Waals surface area contributed by atoms with Crippen molar-refractivity contribution in [3.8, 4) is 33.9 Å². The van der Waals surface area contributed by atoms with Gasteiger partial charge in [-0.1, -0.05) is 60.7 Å². The molecule has 3 aromatic heterocycles. The van der Waals surface area contributed by atoms with E-state index >= 15 is 0 Å². The van der Waals surface area contributed by atoms with Gasteiger partial charge in [0.05, 0.1) is 29.3 Å². The molecule has 3 heterocycles. The summed E-state index contributed by atoms with van der Waals surface area (Å²) in [6, 6.07) is 27.8. The fraction of sp³-hybridized carbons (Fsp3) is 0.0357. The highest BCUT2D eigenvalue weighted by Crippen LogP contribution is 2.36. The van der Waals surface area contributed by atoms with Crippen LogP contribution in [-0.2, 0) is 6.54 Å². The average molecular weight is 459 g/mol. The number of nitrogen functional groups attached to an aromatic ring is 1. The molecular weight excluding hydrogens is 436 g/mol. The Kier molecular flexibility index (Phi) is 5.20. The predicted molar refractivity (Wildman–Crippen MR) is 137 cm³/mol. The van der Waals surface area contributed by atoms with Crippen molar-refractivity contribution in [3.63, 3.8) is 0 Å². The Balaban J connectivity index is 1.32. The Hall–Kier alpha value is -4.91. The summed E-state index contributed by atoms with van der Waals surface area (Å²) in [6.45, 7) is 0.685. The van der Waals surface area contributed by atoms with Gasteiger partial charge in [0, 0.05) is 23.5 Å². The maximum Gasteiger partial charge on any atom is 0.153 e. The smallest absolute Gasteiger partial charge is 0.153 e. The fourth-order valence-corrected chi connectivity index (χ4v) is 4.17. The van der Waals surface area contributed by atoms with Crippen LogP contribution >= 0.6 is 0 Å². The van der Waals surface area contributed by atoms with Gasteiger partial charge in [-0.3, -0.25) is 14.8 Å². The molecule has 170 valence electrons. The van der Waals surface area contributed by atoms with Gasteiger partial charge in [-0.15, -0.1) is 0 Å². The third-order valence-electron chi connectivity index (χ3n) is 5.86. The van der Waals surface area contributed by atoms with Crippen LogP contribution in [0.2, 0.25) is 0 Å². The molecular formula is C28H22N6O. The third kappa shape index (κ3) is 4.11. The Bertz CT molecular complexity index is 1590. The molecule has 6 aromatic rings. The number of nitrogens with two attached hydrogens (primary N) is 1. The maximum absolute atomic E-state index is 6.29. The summed E-state index contributed by atoms with van der Waals surface area (Å²) in [4.78, 5) is 4.77. The molecule has 0 aliphatic rings. The number of nitrogens with one attached hydrogen (secondary N) is 1. The first-order chi connectivity index (χ1) is 17.2. The molecule has 3 N–H and O–H groups in total. The molecule has 0 aliphatic heterocycles. The number of fused-ring (bicyclic) bond motifs is 1. The number of hydrogen-bond donors (Lipinski definition) is 2. The summed E-state index contributed by atoms with van der Waals surface area (Å²) in [5, 5.41) is 12.7. The van der Waals surface area contributed by atoms with E-state index in [1.807, 2.05) is 96.1 Å². The number of rotatable bonds is 6. The van der Waals surface area contributed by atoms with Gasteiger partial charge in [0.25, 0.3) is 0 Å². The number of ether oxygens (including phenoxy) is 1. The van der Waals surface area contributed by atoms with Gasteiger partial charge in [-0.25, -0.2) is 0 Å². The summed E-state index contributed by atoms with van der Waals surface area (Å²) >= 11 is 0. The molecule has 3 aromatic carbocycles. The second-order valence-corrected chi connectivity index (χ2v) is 8.23. The quantitative estimate of drug-likeness (QED) is 0.323. The zero-order valence-electron chi connectivity index (χ0n) is 18.8. The lowest BCUT2D eigenvalue weighted by Gasteiger charge is -2.09. The van der Waals surface area contributed by atoms with Crippen LogP contribution in [0.15, 0.2) is 104 Å². The highest BCUT2D eigenvalue weighted by molar-refractivity contribution is 6.06. The number of benzene rings is 3. The molecule has 0 saturated carbocycles. The Morgan fingerprint density at radius 2 is 1.51 bits per heavy atom. The molecule has 0 saturated heterocycles. The van der Waals surface area contributed by atoms with Crippen LogP contribution in [-0.4, -0.2) is 25.0 Å². The van der Waals surface area contributed by atoms with Crippen LogP contribution in [0.1, 0.15) is 5.56 Å². The first kappa shape index (κ1) is 20.7. The monoisotopic (exact) mass is 458 g/mol. The lowest BCUT2D eigenvalue weighted by Crippen LogP contribution is -1.99. The minimum Gasteiger partial charge on any atom is -0.457 e. The number of pyridine rings is 1. The number of aromatic nitrogens is 5. The maximum atomic E-state index is 6.29. The van der Waals surface area contributed by atoms with E-state index in [1.54, 1.807) is 0 Å². The van der Waals surface area contributed by atoms with E-state index in [1.165, 1.54) is 5.56 Å². The number of nitrogens with zero attached hydrogens (tertiary/aromatic N) is 4. The normalized spacial score (nSPS) is 11.1. The fourth-order valence-electron chi connectivity index (χ4n) is 4.17. The highest BCUT2D eigenvalue weighted by Gasteiger charge is 2.17. The summed E-state index contributed by atoms with van der Waals surface area (Å²) in [7, 11) is 0. The molecule has 0 amide bonds. The van der Waals surface area contributed by atoms with Gasteiger partial charge < -0.3 is 10.5 Å². The third-order valence-corrected chi connectivity index (χ3v) is 5.86. The zero-order chi connectivity index (χ0) is 23.6. The Morgan fingerprint density at radius 3 is 2.29 bits per heavy atom. The van der Waals surface area contributed by atoms with Crippen molar-refractivity contribution < 1.29 is 4.74 Å². The predicted octanol–water partition coefficient (Wildman–Crippen LogP) is 5.91. The van der Waals surface area contributed by atoms with Gasteiger partial charge in [-0.05, 0) is 35.4 Å². The summed E-state index contributed by atoms with van der Waals surface area (Å²) in [5.74, 6) is 1.98. The average Bonchev–Trinajstić information content (AvgIpc) is 3.52. The van der Waals surface area contributed by atoms with E-state index in [0.29, 0.717) is 12.4 Å². The van der Waals surface area contributed by atoms with Gasteiger partial charge >= 0.3 is 0 Å². The van der Waals surface area contributed by atoms with E-state index in [2.05, 4.69) is 27.4 Å². The van der Waals surface area contributed by atoms with Crippen molar-refractivity contribution in [1.82, 2.24) is 25.0 Å². The van der Waals surface area contributed by atoms with Gasteiger partial charge in [0.1, 0.15) is 11.5 Å². The van der Waals surface area contributed by atoms with Crippen LogP contribution in [0.3, 0.4) is 0 Å². The van der Waals surface area contributed by atoms with E-state index in [9.17, 15) is 0 Å². The van der Waals surface area contributed by atoms with Crippen molar-refractivity contribution >= 4 is 16.7 Å². The molecule has 7 heteroatoms. The lowest BCUT2D eigenvalue weighted by molar-refractivity contribution is 0.483. The first-order valence-corrected chi connectivity index (χ1v) is 11.3. The second-order valence-electron chi connectivity index (χ2n) is 8.23. The Labute approximate surface area is 201 Å². The SMILES string of the molecule is Nc1n[nH]c2c(-c3cnn(Cc4ccccc4)c3)ncc(-c3ccc(Oc4ccccc4)cc3)c12. The molecule has 0 bridgehead atoms. The van der Waals surface area contributed by atoms with Crippen molar-refractivity contribution in [3.05, 3.63) is 109 Å². The molecule has 0 atom stereocenters. The van der Waals surface area contributed by atoms with Gasteiger partial charge in [-0.2, -0.15) is 10.2 Å². The molecule has 0 radical (unpaired) electrons. The molecule has 35 heavy (non-hydrogen) atoms. The van der Waals surface area contributed by atoms with Crippen molar-refractivity contribution in [2.24, 2.45) is 0 Å². The van der Waals surface area contributed by atoms with Crippen molar-refractivity contribution in [2.45, 2.75) is 6.54 Å². The van der Waals surface area contributed by atoms with Crippen LogP contribution in [0, 0.1) is 0 Å². The number of anilines is 1. The van der Waals surface area contributed by atoms with Crippen LogP contribution in [0.25, 0.3) is 33.3 Å². The summed E-state index contributed by atoms with van der Waals surface area (Å²) < 4.78 is 7.82. The molecule has 0 spiro atoms. The molecule has 6 rings (SSSR count). The first-order valence-electron chi connectivity index (χ1n) is 11.3. The van der Waals surface area contributed by atoms with E-state index in [4.69, 9.17) is 15.5 Å². The van der Waals surface area contributed by atoms with Crippen LogP contribution < -0.4 is 10.5 Å². The highest BCUT2D eigenvalue weighted by atomic mass is 16.5. The summed E-state index contributed by atoms with van der Waals surface area (Å²) in [5.41, 5.74) is 11.8. The van der Waals surface area contributed by atoms with Crippen molar-refractivity contribution in [1.29, 1.82) is 0 Å². The molecule has 0 aliphatic carbocycles. The van der Waals surface area contributed by atoms with E-state index in [0.717, 1.165) is 44.8 Å². The molecule has 0 fully saturated rings. The standard InChI is InChI=1S/C28H22N6O/c29-28-25-24(20-11-13-23(14-12-20)35-22-9-5-2-6-10-22)16-30-26(27(25)32-33-28)21-15-31-34(18-21)17-19-7-3-1-4-8-19/h1-16,18H,17H2,(H3,29,32,33). The van der Waals surface area contributed by atoms with Crippen LogP contribution in [0.5, 0.6) is 11.5 Å². The largest absolute Gasteiger partial charge is 0.457 e. The minimum absolute atomic E-state index is 0.430. The summed E-state index contributed by atoms with van der Waals surface area (Å²) in [6.07, 6.45) is 5.64. The number of hydrogen-bond acceptors (Lipinski definition) is 5. The number of para-hydroxylation sites is 1. The lowest BCUT2D eigenvalue weighted by atomic mass is 10.0. The van der Waals surface area contributed by atoms with E-state index in [-0.39, 0.29) is 0 Å². The van der Waals surface area contributed by atoms with E-state index < -0.39 is 0 Å². The number of aromatic amines is 1. The molecule has 7 nitrogen and oxygen atoms in total. The Morgan fingerprint density at radius 1 is 0.800 bits per heavy atom. The van der Waals surface area contributed by atoms with Crippen molar-refractivity contribution in [2.75, 3.05) is 5.73 Å². The zero-order valence-corrected chi connectivity index (χ0v) is 18.8. The number of H-pyrrole nitrogens is 1. The molecule has 0 unspecified atom stereocenters. The minimum atomic E-state index is 0.430.